The van der Waals surface area contributed by atoms with Crippen molar-refractivity contribution in [3.8, 4) is 0 Å². The maximum absolute atomic E-state index is 11.8. The van der Waals surface area contributed by atoms with E-state index in [0.29, 0.717) is 11.4 Å². The standard InChI is InChI=1S/C16H26N2O2S/c1-2-21(19,20)15-8-6-14(7-9-15)18-13-16(12-17)10-4-3-5-11-16/h6-9,18H,2-5,10-13,17H2,1H3. The molecule has 1 aromatic rings. The number of benzene rings is 1. The average molecular weight is 310 g/mol. The Morgan fingerprint density at radius 2 is 1.76 bits per heavy atom. The first kappa shape index (κ1) is 16.3. The first-order valence-corrected chi connectivity index (χ1v) is 9.43. The Balaban J connectivity index is 2.00. The molecule has 2 rings (SSSR count). The zero-order valence-electron chi connectivity index (χ0n) is 12.8. The Morgan fingerprint density at radius 3 is 2.29 bits per heavy atom. The Bertz CT molecular complexity index is 546. The van der Waals surface area contributed by atoms with Crippen LogP contribution in [-0.4, -0.2) is 27.3 Å². The van der Waals surface area contributed by atoms with Crippen LogP contribution in [-0.2, 0) is 9.84 Å². The molecule has 0 spiro atoms. The van der Waals surface area contributed by atoms with Gasteiger partial charge in [0.1, 0.15) is 0 Å². The van der Waals surface area contributed by atoms with E-state index in [0.717, 1.165) is 12.2 Å². The molecular weight excluding hydrogens is 284 g/mol. The summed E-state index contributed by atoms with van der Waals surface area (Å²) in [4.78, 5) is 0.391. The van der Waals surface area contributed by atoms with Gasteiger partial charge in [-0.15, -0.1) is 0 Å². The summed E-state index contributed by atoms with van der Waals surface area (Å²) in [6.07, 6.45) is 6.18. The third-order valence-electron chi connectivity index (χ3n) is 4.61. The minimum atomic E-state index is -3.11. The van der Waals surface area contributed by atoms with Gasteiger partial charge in [-0.2, -0.15) is 0 Å². The highest BCUT2D eigenvalue weighted by Crippen LogP contribution is 2.35. The zero-order valence-corrected chi connectivity index (χ0v) is 13.6. The predicted molar refractivity (Wildman–Crippen MR) is 87.2 cm³/mol. The van der Waals surface area contributed by atoms with Gasteiger partial charge in [0.2, 0.25) is 0 Å². The van der Waals surface area contributed by atoms with E-state index in [1.54, 1.807) is 19.1 Å². The van der Waals surface area contributed by atoms with Crippen molar-refractivity contribution in [2.24, 2.45) is 11.1 Å². The lowest BCUT2D eigenvalue weighted by Gasteiger charge is -2.36. The largest absolute Gasteiger partial charge is 0.384 e. The molecule has 0 aromatic heterocycles. The summed E-state index contributed by atoms with van der Waals surface area (Å²) in [5.74, 6) is 0.135. The summed E-state index contributed by atoms with van der Waals surface area (Å²) in [5, 5.41) is 3.43. The van der Waals surface area contributed by atoms with Crippen molar-refractivity contribution in [2.75, 3.05) is 24.2 Å². The van der Waals surface area contributed by atoms with Gasteiger partial charge in [-0.3, -0.25) is 0 Å². The molecule has 1 aliphatic rings. The summed E-state index contributed by atoms with van der Waals surface area (Å²) >= 11 is 0. The van der Waals surface area contributed by atoms with Crippen LogP contribution in [0.25, 0.3) is 0 Å². The molecule has 1 aliphatic carbocycles. The minimum Gasteiger partial charge on any atom is -0.384 e. The molecule has 0 aliphatic heterocycles. The van der Waals surface area contributed by atoms with Crippen LogP contribution in [0.4, 0.5) is 5.69 Å². The molecule has 0 atom stereocenters. The van der Waals surface area contributed by atoms with Gasteiger partial charge < -0.3 is 11.1 Å². The van der Waals surface area contributed by atoms with Crippen LogP contribution in [0.2, 0.25) is 0 Å². The summed E-state index contributed by atoms with van der Waals surface area (Å²) in [6, 6.07) is 7.04. The molecule has 1 saturated carbocycles. The van der Waals surface area contributed by atoms with Gasteiger partial charge in [-0.25, -0.2) is 8.42 Å². The molecule has 0 radical (unpaired) electrons. The molecule has 1 fully saturated rings. The average Bonchev–Trinajstić information content (AvgIpc) is 2.54. The minimum absolute atomic E-state index is 0.135. The van der Waals surface area contributed by atoms with E-state index in [1.165, 1.54) is 32.1 Å². The topological polar surface area (TPSA) is 72.2 Å². The number of nitrogens with two attached hydrogens (primary N) is 1. The van der Waals surface area contributed by atoms with Gasteiger partial charge in [-0.05, 0) is 49.1 Å². The third-order valence-corrected chi connectivity index (χ3v) is 6.36. The maximum atomic E-state index is 11.8. The number of hydrogen-bond donors (Lipinski definition) is 2. The summed E-state index contributed by atoms with van der Waals surface area (Å²) in [7, 11) is -3.11. The third kappa shape index (κ3) is 3.98. The van der Waals surface area contributed by atoms with Gasteiger partial charge in [0.25, 0.3) is 0 Å². The Morgan fingerprint density at radius 1 is 1.14 bits per heavy atom. The van der Waals surface area contributed by atoms with E-state index >= 15 is 0 Å². The van der Waals surface area contributed by atoms with Gasteiger partial charge in [0.15, 0.2) is 9.84 Å². The lowest BCUT2D eigenvalue weighted by molar-refractivity contribution is 0.215. The number of sulfone groups is 1. The van der Waals surface area contributed by atoms with E-state index in [-0.39, 0.29) is 11.2 Å². The predicted octanol–water partition coefficient (Wildman–Crippen LogP) is 2.80. The highest BCUT2D eigenvalue weighted by molar-refractivity contribution is 7.91. The lowest BCUT2D eigenvalue weighted by Crippen LogP contribution is -2.39. The molecule has 4 nitrogen and oxygen atoms in total. The van der Waals surface area contributed by atoms with E-state index in [2.05, 4.69) is 5.32 Å². The van der Waals surface area contributed by atoms with E-state index < -0.39 is 9.84 Å². The first-order valence-electron chi connectivity index (χ1n) is 7.78. The summed E-state index contributed by atoms with van der Waals surface area (Å²) < 4.78 is 23.6. The van der Waals surface area contributed by atoms with Crippen molar-refractivity contribution in [3.05, 3.63) is 24.3 Å². The van der Waals surface area contributed by atoms with Crippen molar-refractivity contribution in [1.29, 1.82) is 0 Å². The quantitative estimate of drug-likeness (QED) is 0.847. The second kappa shape index (κ2) is 6.79. The fraction of sp³-hybridized carbons (Fsp3) is 0.625. The van der Waals surface area contributed by atoms with Crippen molar-refractivity contribution in [2.45, 2.75) is 43.9 Å². The Labute approximate surface area is 128 Å². The van der Waals surface area contributed by atoms with Crippen LogP contribution >= 0.6 is 0 Å². The monoisotopic (exact) mass is 310 g/mol. The highest BCUT2D eigenvalue weighted by atomic mass is 32.2. The number of hydrogen-bond acceptors (Lipinski definition) is 4. The molecule has 5 heteroatoms. The number of anilines is 1. The lowest BCUT2D eigenvalue weighted by atomic mass is 9.74. The SMILES string of the molecule is CCS(=O)(=O)c1ccc(NCC2(CN)CCCCC2)cc1. The molecule has 0 saturated heterocycles. The highest BCUT2D eigenvalue weighted by Gasteiger charge is 2.30. The molecule has 21 heavy (non-hydrogen) atoms. The van der Waals surface area contributed by atoms with Crippen LogP contribution in [0.3, 0.4) is 0 Å². The second-order valence-electron chi connectivity index (χ2n) is 6.05. The molecule has 0 amide bonds. The Hall–Kier alpha value is -1.07. The molecule has 118 valence electrons. The maximum Gasteiger partial charge on any atom is 0.178 e. The molecule has 0 bridgehead atoms. The second-order valence-corrected chi connectivity index (χ2v) is 8.32. The van der Waals surface area contributed by atoms with Crippen LogP contribution in [0.5, 0.6) is 0 Å². The van der Waals surface area contributed by atoms with Crippen LogP contribution < -0.4 is 11.1 Å². The zero-order chi connectivity index (χ0) is 15.3. The fourth-order valence-corrected chi connectivity index (χ4v) is 3.88. The van der Waals surface area contributed by atoms with Gasteiger partial charge in [-0.1, -0.05) is 26.2 Å². The molecular formula is C16H26N2O2S. The normalized spacial score (nSPS) is 18.4. The molecule has 3 N–H and O–H groups in total. The smallest absolute Gasteiger partial charge is 0.178 e. The van der Waals surface area contributed by atoms with Gasteiger partial charge in [0.05, 0.1) is 10.6 Å². The van der Waals surface area contributed by atoms with E-state index in [4.69, 9.17) is 5.73 Å². The number of nitrogens with one attached hydrogen (secondary N) is 1. The van der Waals surface area contributed by atoms with Crippen LogP contribution in [0, 0.1) is 5.41 Å². The van der Waals surface area contributed by atoms with Crippen molar-refractivity contribution in [1.82, 2.24) is 0 Å². The number of rotatable bonds is 6. The molecule has 1 aromatic carbocycles. The molecule has 0 unspecified atom stereocenters. The van der Waals surface area contributed by atoms with E-state index in [9.17, 15) is 8.42 Å². The first-order chi connectivity index (χ1) is 10.0. The van der Waals surface area contributed by atoms with Crippen molar-refractivity contribution < 1.29 is 8.42 Å². The fourth-order valence-electron chi connectivity index (χ4n) is 2.99. The summed E-state index contributed by atoms with van der Waals surface area (Å²) in [6.45, 7) is 3.24. The van der Waals surface area contributed by atoms with Crippen LogP contribution in [0.15, 0.2) is 29.2 Å². The van der Waals surface area contributed by atoms with Crippen molar-refractivity contribution >= 4 is 15.5 Å². The van der Waals surface area contributed by atoms with Crippen molar-refractivity contribution in [3.63, 3.8) is 0 Å². The van der Waals surface area contributed by atoms with Gasteiger partial charge >= 0.3 is 0 Å². The van der Waals surface area contributed by atoms with E-state index in [1.807, 2.05) is 12.1 Å². The Kier molecular flexibility index (Phi) is 5.27. The summed E-state index contributed by atoms with van der Waals surface area (Å²) in [5.41, 5.74) is 7.14. The van der Waals surface area contributed by atoms with Crippen LogP contribution in [0.1, 0.15) is 39.0 Å². The van der Waals surface area contributed by atoms with Gasteiger partial charge in [0, 0.05) is 12.2 Å². The molecule has 0 heterocycles.